The number of nitrogens with one attached hydrogen (secondary N) is 2. The summed E-state index contributed by atoms with van der Waals surface area (Å²) in [7, 11) is 6.27. The molecule has 2 heterocycles. The molecule has 0 saturated carbocycles. The summed E-state index contributed by atoms with van der Waals surface area (Å²) >= 11 is 1.01. The number of ether oxygens (including phenoxy) is 4. The number of carboxylic acids is 1. The number of hydrogen-bond donors (Lipinski definition) is 3. The second kappa shape index (κ2) is 10.5. The number of aromatic nitrogens is 3. The van der Waals surface area contributed by atoms with E-state index in [4.69, 9.17) is 18.9 Å². The normalized spacial score (nSPS) is 10.7. The summed E-state index contributed by atoms with van der Waals surface area (Å²) in [6.45, 7) is 2.07. The minimum atomic E-state index is -1.04. The maximum absolute atomic E-state index is 11.4. The van der Waals surface area contributed by atoms with E-state index in [1.807, 2.05) is 18.2 Å². The summed E-state index contributed by atoms with van der Waals surface area (Å²) in [5.74, 6) is 2.04. The van der Waals surface area contributed by atoms with E-state index in [2.05, 4.69) is 25.6 Å². The zero-order chi connectivity index (χ0) is 25.8. The van der Waals surface area contributed by atoms with Gasteiger partial charge in [0, 0.05) is 18.0 Å². The maximum Gasteiger partial charge on any atom is 0.347 e. The van der Waals surface area contributed by atoms with Crippen molar-refractivity contribution >= 4 is 45.1 Å². The van der Waals surface area contributed by atoms with Gasteiger partial charge < -0.3 is 29.4 Å². The molecule has 0 aliphatic heterocycles. The van der Waals surface area contributed by atoms with E-state index >= 15 is 0 Å². The van der Waals surface area contributed by atoms with Crippen LogP contribution in [-0.4, -0.2) is 54.5 Å². The lowest BCUT2D eigenvalue weighted by atomic mass is 10.1. The molecule has 2 aromatic heterocycles. The van der Waals surface area contributed by atoms with Crippen LogP contribution in [0.15, 0.2) is 30.3 Å². The van der Waals surface area contributed by atoms with Crippen LogP contribution in [0, 0.1) is 6.92 Å². The molecule has 4 rings (SSSR count). The highest BCUT2D eigenvalue weighted by Gasteiger charge is 2.17. The fourth-order valence-corrected chi connectivity index (χ4v) is 4.37. The van der Waals surface area contributed by atoms with E-state index in [1.165, 1.54) is 0 Å². The Kier molecular flexibility index (Phi) is 7.25. The number of rotatable bonds is 10. The molecule has 0 aliphatic rings. The van der Waals surface area contributed by atoms with Gasteiger partial charge in [-0.25, -0.2) is 14.8 Å². The Bertz CT molecular complexity index is 1420. The number of anilines is 3. The number of hydrogen-bond acceptors (Lipinski definition) is 11. The van der Waals surface area contributed by atoms with E-state index in [0.29, 0.717) is 57.1 Å². The van der Waals surface area contributed by atoms with Crippen molar-refractivity contribution in [1.29, 1.82) is 0 Å². The number of aromatic carboxylic acids is 1. The summed E-state index contributed by atoms with van der Waals surface area (Å²) in [5, 5.41) is 16.8. The number of carboxylic acid groups (broad SMARTS) is 1. The van der Waals surface area contributed by atoms with Gasteiger partial charge >= 0.3 is 5.97 Å². The SMILES string of the molecule is COc1ccc(CNc2nc(Nc3nc(C)c(C(=O)O)s3)nc3cc(OC)c(OC)cc23)cc1OC. The standard InChI is InChI=1S/C24H25N5O6S/c1-12-20(22(30)31)36-24(26-12)29-23-27-15-10-19(35-5)18(34-4)9-14(15)21(28-23)25-11-13-6-7-16(32-2)17(8-13)33-3/h6-10H,11H2,1-5H3,(H,30,31)(H2,25,26,27,28,29). The van der Waals surface area contributed by atoms with Gasteiger partial charge in [0.2, 0.25) is 5.95 Å². The number of nitrogens with zero attached hydrogens (tertiary/aromatic N) is 3. The third-order valence-electron chi connectivity index (χ3n) is 5.32. The number of aryl methyl sites for hydroxylation is 1. The molecule has 188 valence electrons. The summed E-state index contributed by atoms with van der Waals surface area (Å²) in [5.41, 5.74) is 1.94. The Hall–Kier alpha value is -4.32. The minimum absolute atomic E-state index is 0.150. The Balaban J connectivity index is 1.73. The van der Waals surface area contributed by atoms with Gasteiger partial charge in [0.15, 0.2) is 28.1 Å². The highest BCUT2D eigenvalue weighted by molar-refractivity contribution is 7.17. The molecule has 2 aromatic carbocycles. The molecule has 11 nitrogen and oxygen atoms in total. The Morgan fingerprint density at radius 1 is 0.917 bits per heavy atom. The maximum atomic E-state index is 11.4. The Labute approximate surface area is 211 Å². The van der Waals surface area contributed by atoms with Gasteiger partial charge in [0.05, 0.1) is 39.6 Å². The Morgan fingerprint density at radius 3 is 2.22 bits per heavy atom. The summed E-state index contributed by atoms with van der Waals surface area (Å²) in [6.07, 6.45) is 0. The fourth-order valence-electron chi connectivity index (χ4n) is 3.57. The predicted molar refractivity (Wildman–Crippen MR) is 137 cm³/mol. The van der Waals surface area contributed by atoms with Gasteiger partial charge in [-0.05, 0) is 30.7 Å². The molecule has 0 unspecified atom stereocenters. The van der Waals surface area contributed by atoms with Crippen LogP contribution in [0.2, 0.25) is 0 Å². The zero-order valence-electron chi connectivity index (χ0n) is 20.3. The van der Waals surface area contributed by atoms with Crippen LogP contribution in [0.25, 0.3) is 10.9 Å². The number of carbonyl (C=O) groups is 1. The van der Waals surface area contributed by atoms with Gasteiger partial charge in [-0.1, -0.05) is 17.4 Å². The first-order chi connectivity index (χ1) is 17.4. The van der Waals surface area contributed by atoms with Crippen molar-refractivity contribution in [3.63, 3.8) is 0 Å². The fraction of sp³-hybridized carbons (Fsp3) is 0.250. The van der Waals surface area contributed by atoms with Crippen LogP contribution in [0.5, 0.6) is 23.0 Å². The van der Waals surface area contributed by atoms with Gasteiger partial charge in [0.1, 0.15) is 10.7 Å². The molecular formula is C24H25N5O6S. The molecule has 4 aromatic rings. The smallest absolute Gasteiger partial charge is 0.347 e. The van der Waals surface area contributed by atoms with Crippen molar-refractivity contribution in [2.24, 2.45) is 0 Å². The molecule has 0 saturated heterocycles. The van der Waals surface area contributed by atoms with Crippen molar-refractivity contribution in [3.8, 4) is 23.0 Å². The largest absolute Gasteiger partial charge is 0.493 e. The molecule has 0 aliphatic carbocycles. The monoisotopic (exact) mass is 511 g/mol. The van der Waals surface area contributed by atoms with Crippen LogP contribution in [0.4, 0.5) is 16.9 Å². The summed E-state index contributed by atoms with van der Waals surface area (Å²) < 4.78 is 21.6. The number of benzene rings is 2. The third kappa shape index (κ3) is 5.03. The van der Waals surface area contributed by atoms with Crippen LogP contribution >= 0.6 is 11.3 Å². The number of fused-ring (bicyclic) bond motifs is 1. The van der Waals surface area contributed by atoms with Crippen molar-refractivity contribution in [1.82, 2.24) is 15.0 Å². The number of thiazole rings is 1. The molecule has 0 spiro atoms. The van der Waals surface area contributed by atoms with Gasteiger partial charge in [-0.15, -0.1) is 0 Å². The molecular weight excluding hydrogens is 486 g/mol. The molecule has 0 radical (unpaired) electrons. The average molecular weight is 512 g/mol. The quantitative estimate of drug-likeness (QED) is 0.278. The average Bonchev–Trinajstić information content (AvgIpc) is 3.26. The predicted octanol–water partition coefficient (Wildman–Crippen LogP) is 4.48. The second-order valence-electron chi connectivity index (χ2n) is 7.53. The molecule has 36 heavy (non-hydrogen) atoms. The molecule has 12 heteroatoms. The lowest BCUT2D eigenvalue weighted by molar-refractivity contribution is 0.0701. The molecule has 0 fully saturated rings. The van der Waals surface area contributed by atoms with Crippen LogP contribution in [0.3, 0.4) is 0 Å². The van der Waals surface area contributed by atoms with Gasteiger partial charge in [-0.3, -0.25) is 5.32 Å². The lowest BCUT2D eigenvalue weighted by Gasteiger charge is -2.15. The van der Waals surface area contributed by atoms with E-state index < -0.39 is 5.97 Å². The van der Waals surface area contributed by atoms with Crippen molar-refractivity contribution in [3.05, 3.63) is 46.5 Å². The van der Waals surface area contributed by atoms with Crippen LogP contribution in [0.1, 0.15) is 20.9 Å². The number of methoxy groups -OCH3 is 4. The topological polar surface area (TPSA) is 137 Å². The molecule has 0 bridgehead atoms. The first kappa shape index (κ1) is 24.8. The van der Waals surface area contributed by atoms with E-state index in [1.54, 1.807) is 47.5 Å². The highest BCUT2D eigenvalue weighted by atomic mass is 32.1. The van der Waals surface area contributed by atoms with E-state index in [-0.39, 0.29) is 10.8 Å². The molecule has 3 N–H and O–H groups in total. The van der Waals surface area contributed by atoms with Crippen molar-refractivity contribution in [2.45, 2.75) is 13.5 Å². The molecule has 0 amide bonds. The van der Waals surface area contributed by atoms with Gasteiger partial charge in [-0.2, -0.15) is 4.98 Å². The summed E-state index contributed by atoms with van der Waals surface area (Å²) in [6, 6.07) is 9.18. The molecule has 0 atom stereocenters. The van der Waals surface area contributed by atoms with Crippen LogP contribution in [-0.2, 0) is 6.54 Å². The van der Waals surface area contributed by atoms with Gasteiger partial charge in [0.25, 0.3) is 0 Å². The van der Waals surface area contributed by atoms with E-state index in [0.717, 1.165) is 16.9 Å². The first-order valence-corrected chi connectivity index (χ1v) is 11.5. The zero-order valence-corrected chi connectivity index (χ0v) is 21.1. The highest BCUT2D eigenvalue weighted by Crippen LogP contribution is 2.36. The van der Waals surface area contributed by atoms with Crippen LogP contribution < -0.4 is 29.6 Å². The second-order valence-corrected chi connectivity index (χ2v) is 8.53. The van der Waals surface area contributed by atoms with E-state index in [9.17, 15) is 9.90 Å². The minimum Gasteiger partial charge on any atom is -0.493 e. The lowest BCUT2D eigenvalue weighted by Crippen LogP contribution is -2.06. The Morgan fingerprint density at radius 2 is 1.58 bits per heavy atom. The third-order valence-corrected chi connectivity index (χ3v) is 6.38. The first-order valence-electron chi connectivity index (χ1n) is 10.7. The van der Waals surface area contributed by atoms with Crippen molar-refractivity contribution in [2.75, 3.05) is 39.1 Å². The summed E-state index contributed by atoms with van der Waals surface area (Å²) in [4.78, 5) is 25.1. The van der Waals surface area contributed by atoms with Crippen molar-refractivity contribution < 1.29 is 28.8 Å².